The molecule has 0 aliphatic heterocycles. The summed E-state index contributed by atoms with van der Waals surface area (Å²) in [6, 6.07) is 0. The summed E-state index contributed by atoms with van der Waals surface area (Å²) in [5.74, 6) is -0.773. The van der Waals surface area contributed by atoms with E-state index in [-0.39, 0.29) is 45.4 Å². The van der Waals surface area contributed by atoms with Crippen LogP contribution in [-0.4, -0.2) is 17.6 Å². The average molecular weight is 307 g/mol. The second-order valence-electron chi connectivity index (χ2n) is 1.29. The van der Waals surface area contributed by atoms with Crippen molar-refractivity contribution in [3.05, 3.63) is 0 Å². The van der Waals surface area contributed by atoms with Gasteiger partial charge in [0.2, 0.25) is 0 Å². The molecule has 0 amide bonds. The van der Waals surface area contributed by atoms with E-state index in [4.69, 9.17) is 10.8 Å². The van der Waals surface area contributed by atoms with Crippen molar-refractivity contribution in [2.45, 2.75) is 12.8 Å². The molecule has 0 spiro atoms. The smallest absolute Gasteiger partial charge is 0.303 e. The average Bonchev–Trinajstić information content (AvgIpc) is 1.61. The summed E-state index contributed by atoms with van der Waals surface area (Å²) in [4.78, 5) is 9.70. The fourth-order valence-corrected chi connectivity index (χ4v) is 0.253. The van der Waals surface area contributed by atoms with E-state index in [0.29, 0.717) is 13.0 Å². The minimum absolute atomic E-state index is 0. The summed E-state index contributed by atoms with van der Waals surface area (Å²) < 4.78 is 0. The number of hydrogen-bond acceptors (Lipinski definition) is 2. The van der Waals surface area contributed by atoms with Gasteiger partial charge in [0.15, 0.2) is 0 Å². The zero-order valence-electron chi connectivity index (χ0n) is 4.74. The Morgan fingerprint density at radius 1 is 1.56 bits per heavy atom. The molecule has 0 rings (SSSR count). The fraction of sp³-hybridized carbons (Fsp3) is 0.750. The van der Waals surface area contributed by atoms with Crippen molar-refractivity contribution in [2.24, 2.45) is 5.73 Å². The molecule has 0 aliphatic rings. The van der Waals surface area contributed by atoms with Crippen molar-refractivity contribution in [1.82, 2.24) is 0 Å². The van der Waals surface area contributed by atoms with Crippen LogP contribution < -0.4 is 5.73 Å². The number of carbonyl (C=O) groups is 1. The van der Waals surface area contributed by atoms with Crippen molar-refractivity contribution in [1.29, 1.82) is 0 Å². The summed E-state index contributed by atoms with van der Waals surface area (Å²) in [6.45, 7) is 0.465. The molecule has 1 radical (unpaired) electrons. The zero-order valence-corrected chi connectivity index (χ0v) is 8.12. The monoisotopic (exact) mass is 308 g/mol. The number of carboxylic acid groups (broad SMARTS) is 1. The molecular weight excluding hydrogens is 298 g/mol. The van der Waals surface area contributed by atoms with Gasteiger partial charge in [0.1, 0.15) is 0 Å². The number of rotatable bonds is 3. The van der Waals surface area contributed by atoms with Gasteiger partial charge < -0.3 is 10.8 Å². The van der Waals surface area contributed by atoms with Gasteiger partial charge in [-0.2, -0.15) is 0 Å². The molecule has 59 valence electrons. The van der Waals surface area contributed by atoms with E-state index in [0.717, 1.165) is 0 Å². The van der Waals surface area contributed by atoms with Gasteiger partial charge in [-0.3, -0.25) is 4.79 Å². The van der Waals surface area contributed by atoms with Crippen molar-refractivity contribution in [2.75, 3.05) is 6.54 Å². The molecule has 0 saturated carbocycles. The first-order chi connectivity index (χ1) is 3.27. The van der Waals surface area contributed by atoms with E-state index in [1.54, 1.807) is 0 Å². The van der Waals surface area contributed by atoms with Crippen molar-refractivity contribution >= 4 is 5.97 Å². The van der Waals surface area contributed by atoms with E-state index < -0.39 is 5.97 Å². The third-order valence-corrected chi connectivity index (χ3v) is 0.595. The maximum atomic E-state index is 9.70. The number of hydrogen-bond donors (Lipinski definition) is 2. The van der Waals surface area contributed by atoms with E-state index in [9.17, 15) is 4.79 Å². The zero-order chi connectivity index (χ0) is 5.70. The third-order valence-electron chi connectivity index (χ3n) is 0.595. The molecule has 3 N–H and O–H groups in total. The summed E-state index contributed by atoms with van der Waals surface area (Å²) in [6.07, 6.45) is 0.770. The predicted octanol–water partition coefficient (Wildman–Crippen LogP) is -0.195. The Labute approximate surface area is 79.9 Å². The van der Waals surface area contributed by atoms with Crippen molar-refractivity contribution in [3.8, 4) is 0 Å². The van der Waals surface area contributed by atoms with Crippen LogP contribution in [0.3, 0.4) is 0 Å². The maximum absolute atomic E-state index is 9.70. The van der Waals surface area contributed by atoms with Crippen LogP contribution in [-0.2, 0) is 43.8 Å². The Morgan fingerprint density at radius 2 is 2.00 bits per heavy atom. The minimum Gasteiger partial charge on any atom is -0.481 e. The van der Waals surface area contributed by atoms with Gasteiger partial charge in [0, 0.05) is 45.4 Å². The summed E-state index contributed by atoms with van der Waals surface area (Å²) >= 11 is 0. The van der Waals surface area contributed by atoms with Gasteiger partial charge in [-0.25, -0.2) is 0 Å². The second kappa shape index (κ2) is 11.5. The van der Waals surface area contributed by atoms with Gasteiger partial charge in [0.05, 0.1) is 0 Å². The Balaban J connectivity index is -0.000000180. The van der Waals surface area contributed by atoms with E-state index in [1.807, 2.05) is 0 Å². The van der Waals surface area contributed by atoms with Crippen LogP contribution in [0.25, 0.3) is 0 Å². The number of nitrogens with two attached hydrogens (primary N) is 1. The fourth-order valence-electron chi connectivity index (χ4n) is 0.253. The summed E-state index contributed by atoms with van der Waals surface area (Å²) in [5, 5.41) is 7.99. The van der Waals surface area contributed by atoms with Gasteiger partial charge in [0.25, 0.3) is 0 Å². The van der Waals surface area contributed by atoms with Gasteiger partial charge in [-0.05, 0) is 13.0 Å². The predicted molar refractivity (Wildman–Crippen MR) is 25.9 cm³/mol. The molecule has 0 saturated heterocycles. The molecule has 0 atom stereocenters. The summed E-state index contributed by atoms with van der Waals surface area (Å²) in [7, 11) is 0. The van der Waals surface area contributed by atoms with E-state index >= 15 is 0 Å². The van der Waals surface area contributed by atoms with Crippen molar-refractivity contribution < 1.29 is 48.9 Å². The Kier molecular flexibility index (Phi) is 20.8. The molecule has 0 aliphatic carbocycles. The second-order valence-corrected chi connectivity index (χ2v) is 1.29. The Morgan fingerprint density at radius 3 is 2.11 bits per heavy atom. The third kappa shape index (κ3) is 17.7. The molecule has 3 nitrogen and oxygen atoms in total. The molecule has 5 heteroatoms. The first-order valence-electron chi connectivity index (χ1n) is 2.19. The van der Waals surface area contributed by atoms with Crippen LogP contribution in [0, 0.1) is 0 Å². The van der Waals surface area contributed by atoms with E-state index in [2.05, 4.69) is 0 Å². The number of carboxylic acids is 1. The molecule has 0 heterocycles. The molecule has 0 aromatic rings. The first kappa shape index (κ1) is 16.3. The van der Waals surface area contributed by atoms with Crippen LogP contribution >= 0.6 is 0 Å². The van der Waals surface area contributed by atoms with Crippen LogP contribution in [0.5, 0.6) is 0 Å². The standard InChI is InChI=1S/C4H9NO2.Rh.Ru/c5-3-1-2-4(6)7;;/h1-3,5H2,(H,6,7);;. The molecule has 0 unspecified atom stereocenters. The maximum Gasteiger partial charge on any atom is 0.303 e. The van der Waals surface area contributed by atoms with Gasteiger partial charge in [-0.1, -0.05) is 0 Å². The van der Waals surface area contributed by atoms with Gasteiger partial charge >= 0.3 is 5.97 Å². The molecule has 0 bridgehead atoms. The van der Waals surface area contributed by atoms with Crippen molar-refractivity contribution in [3.63, 3.8) is 0 Å². The molecule has 0 fully saturated rings. The largest absolute Gasteiger partial charge is 0.481 e. The molecule has 0 aromatic heterocycles. The van der Waals surface area contributed by atoms with Crippen LogP contribution in [0.4, 0.5) is 0 Å². The topological polar surface area (TPSA) is 63.3 Å². The van der Waals surface area contributed by atoms with Gasteiger partial charge in [-0.15, -0.1) is 0 Å². The normalized spacial score (nSPS) is 6.78. The first-order valence-corrected chi connectivity index (χ1v) is 2.19. The van der Waals surface area contributed by atoms with Crippen LogP contribution in [0.1, 0.15) is 12.8 Å². The van der Waals surface area contributed by atoms with Crippen LogP contribution in [0.15, 0.2) is 0 Å². The minimum atomic E-state index is -0.773. The molecular formula is C4H9NO2RhRu. The van der Waals surface area contributed by atoms with E-state index in [1.165, 1.54) is 0 Å². The van der Waals surface area contributed by atoms with Crippen LogP contribution in [0.2, 0.25) is 0 Å². The summed E-state index contributed by atoms with van der Waals surface area (Å²) in [5.41, 5.74) is 5.01. The quantitative estimate of drug-likeness (QED) is 0.710. The Hall–Kier alpha value is 0.677. The SMILES string of the molecule is NCCCC(=O)O.[Rh].[Ru]. The Bertz CT molecular complexity index is 71.6. The number of aliphatic carboxylic acids is 1. The molecule has 9 heavy (non-hydrogen) atoms. The molecule has 0 aromatic carbocycles.